The van der Waals surface area contributed by atoms with Crippen molar-refractivity contribution in [1.29, 1.82) is 0 Å². The van der Waals surface area contributed by atoms with E-state index in [1.54, 1.807) is 13.3 Å². The monoisotopic (exact) mass is 204 g/mol. The quantitative estimate of drug-likeness (QED) is 0.642. The molecule has 1 rings (SSSR count). The van der Waals surface area contributed by atoms with Crippen molar-refractivity contribution in [2.45, 2.75) is 51.0 Å². The second kappa shape index (κ2) is 5.17. The lowest BCUT2D eigenvalue weighted by atomic mass is 9.99. The van der Waals surface area contributed by atoms with Gasteiger partial charge in [-0.05, 0) is 12.8 Å². The first-order chi connectivity index (χ1) is 6.08. The second-order valence-electron chi connectivity index (χ2n) is 4.32. The van der Waals surface area contributed by atoms with E-state index >= 15 is 0 Å². The fourth-order valence-electron chi connectivity index (χ4n) is 1.88. The van der Waals surface area contributed by atoms with Crippen LogP contribution in [0.1, 0.15) is 44.9 Å². The van der Waals surface area contributed by atoms with Crippen LogP contribution in [0.5, 0.6) is 0 Å². The molecule has 2 nitrogen and oxygen atoms in total. The molecule has 1 aliphatic carbocycles. The number of hydrogen-bond donors (Lipinski definition) is 0. The highest BCUT2D eigenvalue weighted by Gasteiger charge is 2.17. The molecular formula is C10H21O2P. The first-order valence-electron chi connectivity index (χ1n) is 5.31. The molecule has 1 aliphatic rings. The Hall–Kier alpha value is 0.190. The van der Waals surface area contributed by atoms with Gasteiger partial charge < -0.3 is 4.52 Å². The molecule has 0 heterocycles. The van der Waals surface area contributed by atoms with Gasteiger partial charge in [0.2, 0.25) is 0 Å². The summed E-state index contributed by atoms with van der Waals surface area (Å²) in [4.78, 5) is 0. The van der Waals surface area contributed by atoms with Crippen molar-refractivity contribution in [2.24, 2.45) is 0 Å². The highest BCUT2D eigenvalue weighted by Crippen LogP contribution is 2.41. The zero-order valence-corrected chi connectivity index (χ0v) is 9.69. The van der Waals surface area contributed by atoms with E-state index in [0.29, 0.717) is 0 Å². The normalized spacial score (nSPS) is 22.3. The lowest BCUT2D eigenvalue weighted by molar-refractivity contribution is 0.173. The van der Waals surface area contributed by atoms with Crippen LogP contribution in [0.4, 0.5) is 0 Å². The van der Waals surface area contributed by atoms with Gasteiger partial charge in [0, 0.05) is 13.3 Å². The van der Waals surface area contributed by atoms with Crippen LogP contribution in [0.15, 0.2) is 0 Å². The van der Waals surface area contributed by atoms with Gasteiger partial charge >= 0.3 is 0 Å². The minimum atomic E-state index is -2.27. The Kier molecular flexibility index (Phi) is 4.48. The molecule has 0 amide bonds. The lowest BCUT2D eigenvalue weighted by Gasteiger charge is -2.22. The molecule has 0 aromatic carbocycles. The van der Waals surface area contributed by atoms with Crippen molar-refractivity contribution < 1.29 is 9.09 Å². The van der Waals surface area contributed by atoms with E-state index in [2.05, 4.69) is 0 Å². The Labute approximate surface area is 81.5 Å². The third-order valence-corrected chi connectivity index (χ3v) is 3.26. The molecule has 0 aromatic rings. The lowest BCUT2D eigenvalue weighted by Crippen LogP contribution is -2.12. The van der Waals surface area contributed by atoms with Crippen molar-refractivity contribution in [3.8, 4) is 0 Å². The molecular weight excluding hydrogens is 183 g/mol. The zero-order valence-electron chi connectivity index (χ0n) is 8.79. The number of rotatable bonds is 2. The van der Waals surface area contributed by atoms with E-state index in [-0.39, 0.29) is 6.10 Å². The van der Waals surface area contributed by atoms with E-state index in [1.165, 1.54) is 32.1 Å². The Bertz CT molecular complexity index is 177. The maximum atomic E-state index is 11.5. The number of hydrogen-bond acceptors (Lipinski definition) is 2. The van der Waals surface area contributed by atoms with Gasteiger partial charge in [0.25, 0.3) is 0 Å². The molecule has 0 spiro atoms. The summed E-state index contributed by atoms with van der Waals surface area (Å²) in [6.45, 7) is 3.43. The fraction of sp³-hybridized carbons (Fsp3) is 1.00. The molecule has 0 bridgehead atoms. The molecule has 1 saturated carbocycles. The third-order valence-electron chi connectivity index (χ3n) is 2.46. The smallest absolute Gasteiger partial charge is 0.197 e. The third kappa shape index (κ3) is 5.49. The van der Waals surface area contributed by atoms with Gasteiger partial charge in [-0.25, -0.2) is 0 Å². The summed E-state index contributed by atoms with van der Waals surface area (Å²) < 4.78 is 17.0. The summed E-state index contributed by atoms with van der Waals surface area (Å²) in [6, 6.07) is 0. The van der Waals surface area contributed by atoms with Crippen molar-refractivity contribution in [3.63, 3.8) is 0 Å². The molecule has 1 fully saturated rings. The summed E-state index contributed by atoms with van der Waals surface area (Å²) in [5.41, 5.74) is 0. The Morgan fingerprint density at radius 1 is 1.00 bits per heavy atom. The fourth-order valence-corrected chi connectivity index (χ4v) is 2.81. The maximum Gasteiger partial charge on any atom is 0.197 e. The molecule has 0 aromatic heterocycles. The second-order valence-corrected chi connectivity index (χ2v) is 7.04. The highest BCUT2D eigenvalue weighted by molar-refractivity contribution is 7.57. The van der Waals surface area contributed by atoms with Crippen LogP contribution in [0.25, 0.3) is 0 Å². The minimum Gasteiger partial charge on any atom is -0.325 e. The SMILES string of the molecule is CP(C)(=O)OC1CCCCCCC1. The van der Waals surface area contributed by atoms with Gasteiger partial charge in [-0.3, -0.25) is 4.57 Å². The zero-order chi connectivity index (χ0) is 9.73. The largest absolute Gasteiger partial charge is 0.325 e. The van der Waals surface area contributed by atoms with Crippen LogP contribution < -0.4 is 0 Å². The van der Waals surface area contributed by atoms with Crippen LogP contribution in [0, 0.1) is 0 Å². The molecule has 0 radical (unpaired) electrons. The summed E-state index contributed by atoms with van der Waals surface area (Å²) in [6.07, 6.45) is 8.95. The van der Waals surface area contributed by atoms with E-state index in [9.17, 15) is 4.57 Å². The van der Waals surface area contributed by atoms with Gasteiger partial charge in [0.15, 0.2) is 7.37 Å². The van der Waals surface area contributed by atoms with Gasteiger partial charge in [0.1, 0.15) is 0 Å². The molecule has 0 aliphatic heterocycles. The van der Waals surface area contributed by atoms with Crippen molar-refractivity contribution >= 4 is 7.37 Å². The average molecular weight is 204 g/mol. The van der Waals surface area contributed by atoms with Crippen LogP contribution in [0.3, 0.4) is 0 Å². The van der Waals surface area contributed by atoms with Gasteiger partial charge in [0.05, 0.1) is 6.10 Å². The predicted octanol–water partition coefficient (Wildman–Crippen LogP) is 3.65. The molecule has 0 N–H and O–H groups in total. The van der Waals surface area contributed by atoms with Crippen LogP contribution in [0.2, 0.25) is 0 Å². The van der Waals surface area contributed by atoms with Gasteiger partial charge in [-0.1, -0.05) is 32.1 Å². The summed E-state index contributed by atoms with van der Waals surface area (Å²) >= 11 is 0. The maximum absolute atomic E-state index is 11.5. The van der Waals surface area contributed by atoms with Gasteiger partial charge in [-0.15, -0.1) is 0 Å². The summed E-state index contributed by atoms with van der Waals surface area (Å²) in [5, 5.41) is 0. The summed E-state index contributed by atoms with van der Waals surface area (Å²) in [5.74, 6) is 0. The standard InChI is InChI=1S/C10H21O2P/c1-13(2,11)12-10-8-6-4-3-5-7-9-10/h10H,3-9H2,1-2H3. The molecule has 0 atom stereocenters. The average Bonchev–Trinajstić information content (AvgIpc) is 1.92. The predicted molar refractivity (Wildman–Crippen MR) is 56.6 cm³/mol. The van der Waals surface area contributed by atoms with Crippen molar-refractivity contribution in [3.05, 3.63) is 0 Å². The Morgan fingerprint density at radius 2 is 1.46 bits per heavy atom. The highest BCUT2D eigenvalue weighted by atomic mass is 31.2. The van der Waals surface area contributed by atoms with E-state index in [0.717, 1.165) is 12.8 Å². The van der Waals surface area contributed by atoms with Crippen LogP contribution >= 0.6 is 7.37 Å². The first kappa shape index (κ1) is 11.3. The Balaban J connectivity index is 2.33. The molecule has 0 unspecified atom stereocenters. The van der Waals surface area contributed by atoms with Gasteiger partial charge in [-0.2, -0.15) is 0 Å². The van der Waals surface area contributed by atoms with Crippen LogP contribution in [-0.2, 0) is 9.09 Å². The van der Waals surface area contributed by atoms with Crippen LogP contribution in [-0.4, -0.2) is 19.4 Å². The van der Waals surface area contributed by atoms with Crippen molar-refractivity contribution in [1.82, 2.24) is 0 Å². The van der Waals surface area contributed by atoms with Crippen molar-refractivity contribution in [2.75, 3.05) is 13.3 Å². The van der Waals surface area contributed by atoms with E-state index in [1.807, 2.05) is 0 Å². The molecule has 0 saturated heterocycles. The molecule has 78 valence electrons. The Morgan fingerprint density at radius 3 is 1.92 bits per heavy atom. The van der Waals surface area contributed by atoms with E-state index < -0.39 is 7.37 Å². The van der Waals surface area contributed by atoms with E-state index in [4.69, 9.17) is 4.52 Å². The molecule has 3 heteroatoms. The topological polar surface area (TPSA) is 26.3 Å². The minimum absolute atomic E-state index is 0.265. The first-order valence-corrected chi connectivity index (χ1v) is 7.83. The molecule has 13 heavy (non-hydrogen) atoms. The summed E-state index contributed by atoms with van der Waals surface area (Å²) in [7, 11) is -2.27.